The van der Waals surface area contributed by atoms with Crippen molar-refractivity contribution in [1.29, 1.82) is 0 Å². The van der Waals surface area contributed by atoms with E-state index in [0.29, 0.717) is 6.54 Å². The second-order valence-electron chi connectivity index (χ2n) is 7.16. The van der Waals surface area contributed by atoms with E-state index in [0.717, 1.165) is 36.6 Å². The van der Waals surface area contributed by atoms with Crippen LogP contribution in [0.5, 0.6) is 0 Å². The van der Waals surface area contributed by atoms with Crippen LogP contribution >= 0.6 is 24.0 Å². The minimum absolute atomic E-state index is 0. The fourth-order valence-corrected chi connectivity index (χ4v) is 2.92. The molecule has 1 aromatic rings. The van der Waals surface area contributed by atoms with Crippen LogP contribution in [0.25, 0.3) is 0 Å². The van der Waals surface area contributed by atoms with Gasteiger partial charge in [0, 0.05) is 26.7 Å². The van der Waals surface area contributed by atoms with Gasteiger partial charge in [0.1, 0.15) is 6.61 Å². The molecule has 0 radical (unpaired) electrons. The van der Waals surface area contributed by atoms with Crippen molar-refractivity contribution >= 4 is 29.9 Å². The number of aliphatic imine (C=N–C) groups is 1. The Hall–Kier alpha value is -1.03. The summed E-state index contributed by atoms with van der Waals surface area (Å²) in [7, 11) is 1.76. The second-order valence-corrected chi connectivity index (χ2v) is 7.16. The highest BCUT2D eigenvalue weighted by atomic mass is 127. The van der Waals surface area contributed by atoms with Gasteiger partial charge in [-0.2, -0.15) is 13.2 Å². The van der Waals surface area contributed by atoms with Crippen LogP contribution in [0, 0.1) is 5.41 Å². The molecule has 4 nitrogen and oxygen atoms in total. The number of nitrogens with zero attached hydrogens (tertiary/aromatic N) is 2. The van der Waals surface area contributed by atoms with Crippen molar-refractivity contribution in [2.24, 2.45) is 10.4 Å². The third-order valence-corrected chi connectivity index (χ3v) is 4.17. The molecule has 1 N–H and O–H groups in total. The van der Waals surface area contributed by atoms with Crippen molar-refractivity contribution in [3.8, 4) is 0 Å². The molecule has 0 spiro atoms. The van der Waals surface area contributed by atoms with Gasteiger partial charge in [0.15, 0.2) is 5.96 Å². The quantitative estimate of drug-likeness (QED) is 0.386. The van der Waals surface area contributed by atoms with E-state index in [2.05, 4.69) is 29.1 Å². The summed E-state index contributed by atoms with van der Waals surface area (Å²) in [5.41, 5.74) is 1.99. The summed E-state index contributed by atoms with van der Waals surface area (Å²) >= 11 is 0. The molecule has 1 aromatic carbocycles. The predicted octanol–water partition coefficient (Wildman–Crippen LogP) is 4.19. The maximum absolute atomic E-state index is 12.1. The van der Waals surface area contributed by atoms with Crippen LogP contribution < -0.4 is 5.32 Å². The first-order chi connectivity index (χ1) is 11.7. The fraction of sp³-hybridized carbons (Fsp3) is 0.611. The summed E-state index contributed by atoms with van der Waals surface area (Å²) in [5, 5.41) is 3.33. The Bertz CT molecular complexity index is 606. The van der Waals surface area contributed by atoms with Crippen LogP contribution in [-0.4, -0.2) is 43.8 Å². The molecule has 26 heavy (non-hydrogen) atoms. The highest BCUT2D eigenvalue weighted by Gasteiger charge is 2.30. The molecule has 0 saturated carbocycles. The third kappa shape index (κ3) is 7.69. The van der Waals surface area contributed by atoms with Crippen molar-refractivity contribution in [2.45, 2.75) is 39.6 Å². The number of halogens is 4. The van der Waals surface area contributed by atoms with E-state index < -0.39 is 12.8 Å². The summed E-state index contributed by atoms with van der Waals surface area (Å²) in [6.45, 7) is 5.69. The van der Waals surface area contributed by atoms with Gasteiger partial charge in [-0.15, -0.1) is 24.0 Å². The zero-order valence-electron chi connectivity index (χ0n) is 15.4. The molecule has 1 aliphatic rings. The smallest absolute Gasteiger partial charge is 0.367 e. The Labute approximate surface area is 170 Å². The maximum atomic E-state index is 12.1. The van der Waals surface area contributed by atoms with Crippen molar-refractivity contribution < 1.29 is 17.9 Å². The summed E-state index contributed by atoms with van der Waals surface area (Å²) in [6.07, 6.45) is -3.17. The first-order valence-corrected chi connectivity index (χ1v) is 8.36. The average Bonchev–Trinajstić information content (AvgIpc) is 2.87. The molecule has 1 heterocycles. The molecule has 2 rings (SSSR count). The molecule has 1 aliphatic heterocycles. The molecule has 0 aliphatic carbocycles. The highest BCUT2D eigenvalue weighted by molar-refractivity contribution is 14.0. The number of hydrogen-bond acceptors (Lipinski definition) is 2. The minimum Gasteiger partial charge on any atom is -0.367 e. The summed E-state index contributed by atoms with van der Waals surface area (Å²) in [6, 6.07) is 7.37. The number of rotatable bonds is 5. The zero-order valence-corrected chi connectivity index (χ0v) is 17.7. The van der Waals surface area contributed by atoms with E-state index in [1.54, 1.807) is 13.1 Å². The Morgan fingerprint density at radius 3 is 2.58 bits per heavy atom. The van der Waals surface area contributed by atoms with Gasteiger partial charge in [0.2, 0.25) is 0 Å². The van der Waals surface area contributed by atoms with Crippen molar-refractivity contribution in [3.05, 3.63) is 35.4 Å². The standard InChI is InChI=1S/C18H26F3N3O.HI/c1-17(2)7-8-24(12-17)16(22-3)23-10-14-5-4-6-15(9-14)11-25-13-18(19,20)21;/h4-6,9H,7-8,10-13H2,1-3H3,(H,22,23);1H. The molecular weight excluding hydrogens is 458 g/mol. The minimum atomic E-state index is -4.30. The lowest BCUT2D eigenvalue weighted by Crippen LogP contribution is -2.40. The number of guanidine groups is 1. The van der Waals surface area contributed by atoms with E-state index in [-0.39, 0.29) is 36.0 Å². The van der Waals surface area contributed by atoms with Crippen LogP contribution in [0.15, 0.2) is 29.3 Å². The molecule has 0 amide bonds. The van der Waals surface area contributed by atoms with Gasteiger partial charge < -0.3 is 15.0 Å². The number of ether oxygens (including phenoxy) is 1. The predicted molar refractivity (Wildman–Crippen MR) is 108 cm³/mol. The number of benzene rings is 1. The van der Waals surface area contributed by atoms with E-state index >= 15 is 0 Å². The maximum Gasteiger partial charge on any atom is 0.411 e. The summed E-state index contributed by atoms with van der Waals surface area (Å²) in [4.78, 5) is 6.56. The molecule has 1 fully saturated rings. The highest BCUT2D eigenvalue weighted by Crippen LogP contribution is 2.28. The zero-order chi connectivity index (χ0) is 18.5. The van der Waals surface area contributed by atoms with Crippen molar-refractivity contribution in [1.82, 2.24) is 10.2 Å². The van der Waals surface area contributed by atoms with Gasteiger partial charge in [0.25, 0.3) is 0 Å². The lowest BCUT2D eigenvalue weighted by atomic mass is 9.93. The van der Waals surface area contributed by atoms with E-state index in [1.807, 2.05) is 18.2 Å². The van der Waals surface area contributed by atoms with Gasteiger partial charge in [-0.25, -0.2) is 0 Å². The van der Waals surface area contributed by atoms with Crippen LogP contribution in [0.1, 0.15) is 31.4 Å². The number of likely N-dealkylation sites (tertiary alicyclic amines) is 1. The van der Waals surface area contributed by atoms with Gasteiger partial charge in [-0.05, 0) is 23.0 Å². The lowest BCUT2D eigenvalue weighted by molar-refractivity contribution is -0.176. The number of alkyl halides is 3. The molecule has 0 aromatic heterocycles. The molecule has 0 unspecified atom stereocenters. The molecule has 8 heteroatoms. The first kappa shape index (κ1) is 23.0. The summed E-state index contributed by atoms with van der Waals surface area (Å²) < 4.78 is 41.1. The van der Waals surface area contributed by atoms with Crippen LogP contribution in [0.2, 0.25) is 0 Å². The molecule has 0 atom stereocenters. The summed E-state index contributed by atoms with van der Waals surface area (Å²) in [5.74, 6) is 0.851. The van der Waals surface area contributed by atoms with Crippen LogP contribution in [0.4, 0.5) is 13.2 Å². The van der Waals surface area contributed by atoms with Gasteiger partial charge in [0.05, 0.1) is 6.61 Å². The molecule has 1 saturated heterocycles. The Morgan fingerprint density at radius 1 is 1.31 bits per heavy atom. The van der Waals surface area contributed by atoms with Crippen molar-refractivity contribution in [2.75, 3.05) is 26.7 Å². The largest absolute Gasteiger partial charge is 0.411 e. The topological polar surface area (TPSA) is 36.9 Å². The van der Waals surface area contributed by atoms with Crippen LogP contribution in [0.3, 0.4) is 0 Å². The number of hydrogen-bond donors (Lipinski definition) is 1. The van der Waals surface area contributed by atoms with E-state index in [4.69, 9.17) is 4.74 Å². The monoisotopic (exact) mass is 485 g/mol. The van der Waals surface area contributed by atoms with E-state index in [1.165, 1.54) is 0 Å². The molecule has 148 valence electrons. The Kier molecular flexibility index (Phi) is 8.65. The number of nitrogens with one attached hydrogen (secondary N) is 1. The average molecular weight is 485 g/mol. The lowest BCUT2D eigenvalue weighted by Gasteiger charge is -2.23. The van der Waals surface area contributed by atoms with Gasteiger partial charge in [-0.3, -0.25) is 4.99 Å². The molecule has 0 bridgehead atoms. The van der Waals surface area contributed by atoms with Gasteiger partial charge in [-0.1, -0.05) is 38.1 Å². The van der Waals surface area contributed by atoms with Crippen LogP contribution in [-0.2, 0) is 17.9 Å². The SMILES string of the molecule is CN=C(NCc1cccc(COCC(F)(F)F)c1)N1CCC(C)(C)C1.I. The van der Waals surface area contributed by atoms with Crippen molar-refractivity contribution in [3.63, 3.8) is 0 Å². The van der Waals surface area contributed by atoms with E-state index in [9.17, 15) is 13.2 Å². The fourth-order valence-electron chi connectivity index (χ4n) is 2.92. The Morgan fingerprint density at radius 2 is 2.00 bits per heavy atom. The second kappa shape index (κ2) is 9.77. The Balaban J connectivity index is 0.00000338. The van der Waals surface area contributed by atoms with Gasteiger partial charge >= 0.3 is 6.18 Å². The molecular formula is C18H27F3IN3O. The normalized spacial score (nSPS) is 17.2. The third-order valence-electron chi connectivity index (χ3n) is 4.17. The first-order valence-electron chi connectivity index (χ1n) is 8.36.